The number of rotatable bonds is 3. The number of methoxy groups -OCH3 is 1. The summed E-state index contributed by atoms with van der Waals surface area (Å²) in [7, 11) is -3.14. The summed E-state index contributed by atoms with van der Waals surface area (Å²) in [6.45, 7) is 0. The SMILES string of the molecule is COc1ccc(C2=NOC(=O)C2)cc1S(=O)(=O)O. The quantitative estimate of drug-likeness (QED) is 0.637. The van der Waals surface area contributed by atoms with Crippen molar-refractivity contribution in [2.45, 2.75) is 11.3 Å². The summed E-state index contributed by atoms with van der Waals surface area (Å²) >= 11 is 0. The van der Waals surface area contributed by atoms with E-state index < -0.39 is 16.1 Å². The lowest BCUT2D eigenvalue weighted by atomic mass is 10.1. The normalized spacial score (nSPS) is 15.2. The van der Waals surface area contributed by atoms with Gasteiger partial charge in [0.2, 0.25) is 0 Å². The lowest BCUT2D eigenvalue weighted by Gasteiger charge is -2.07. The molecule has 1 aliphatic rings. The lowest BCUT2D eigenvalue weighted by Crippen LogP contribution is -2.06. The highest BCUT2D eigenvalue weighted by Crippen LogP contribution is 2.26. The maximum Gasteiger partial charge on any atom is 0.341 e. The van der Waals surface area contributed by atoms with Gasteiger partial charge in [0.05, 0.1) is 19.2 Å². The molecular formula is C10H9NO6S. The minimum atomic E-state index is -4.42. The van der Waals surface area contributed by atoms with Gasteiger partial charge in [-0.05, 0) is 18.2 Å². The Morgan fingerprint density at radius 3 is 2.67 bits per heavy atom. The fourth-order valence-electron chi connectivity index (χ4n) is 1.52. The zero-order valence-electron chi connectivity index (χ0n) is 9.28. The first kappa shape index (κ1) is 12.5. The highest BCUT2D eigenvalue weighted by molar-refractivity contribution is 7.86. The molecule has 0 unspecified atom stereocenters. The number of oxime groups is 1. The van der Waals surface area contributed by atoms with Crippen LogP contribution in [0.5, 0.6) is 5.75 Å². The molecule has 0 aromatic heterocycles. The number of carbonyl (C=O) groups excluding carboxylic acids is 1. The monoisotopic (exact) mass is 271 g/mol. The molecule has 0 bridgehead atoms. The Morgan fingerprint density at radius 2 is 2.17 bits per heavy atom. The zero-order chi connectivity index (χ0) is 13.3. The van der Waals surface area contributed by atoms with Crippen LogP contribution in [0.25, 0.3) is 0 Å². The minimum Gasteiger partial charge on any atom is -0.495 e. The summed E-state index contributed by atoms with van der Waals surface area (Å²) in [6.07, 6.45) is -0.0444. The van der Waals surface area contributed by atoms with Gasteiger partial charge in [-0.15, -0.1) is 0 Å². The minimum absolute atomic E-state index is 0.00657. The van der Waals surface area contributed by atoms with Crippen molar-refractivity contribution < 1.29 is 27.3 Å². The number of carbonyl (C=O) groups is 1. The molecule has 0 radical (unpaired) electrons. The first-order valence-electron chi connectivity index (χ1n) is 4.84. The van der Waals surface area contributed by atoms with Crippen LogP contribution in [0.2, 0.25) is 0 Å². The van der Waals surface area contributed by atoms with Crippen LogP contribution in [-0.4, -0.2) is 31.8 Å². The maximum atomic E-state index is 11.2. The van der Waals surface area contributed by atoms with Gasteiger partial charge in [-0.3, -0.25) is 4.55 Å². The van der Waals surface area contributed by atoms with Crippen molar-refractivity contribution in [3.8, 4) is 5.75 Å². The van der Waals surface area contributed by atoms with E-state index in [-0.39, 0.29) is 17.1 Å². The first-order valence-corrected chi connectivity index (χ1v) is 6.28. The molecule has 1 aromatic rings. The van der Waals surface area contributed by atoms with E-state index in [9.17, 15) is 13.2 Å². The Hall–Kier alpha value is -1.93. The van der Waals surface area contributed by atoms with Gasteiger partial charge < -0.3 is 9.57 Å². The van der Waals surface area contributed by atoms with E-state index in [1.807, 2.05) is 0 Å². The van der Waals surface area contributed by atoms with Crippen LogP contribution in [0, 0.1) is 0 Å². The van der Waals surface area contributed by atoms with E-state index in [0.717, 1.165) is 0 Å². The summed E-state index contributed by atoms with van der Waals surface area (Å²) in [5, 5.41) is 3.52. The molecule has 8 heteroatoms. The summed E-state index contributed by atoms with van der Waals surface area (Å²) in [5.41, 5.74) is 0.668. The van der Waals surface area contributed by atoms with Crippen molar-refractivity contribution in [2.75, 3.05) is 7.11 Å². The van der Waals surface area contributed by atoms with E-state index in [2.05, 4.69) is 9.99 Å². The first-order chi connectivity index (χ1) is 8.41. The average molecular weight is 271 g/mol. The van der Waals surface area contributed by atoms with Crippen LogP contribution >= 0.6 is 0 Å². The smallest absolute Gasteiger partial charge is 0.341 e. The molecule has 0 spiro atoms. The molecule has 7 nitrogen and oxygen atoms in total. The van der Waals surface area contributed by atoms with Crippen molar-refractivity contribution in [1.29, 1.82) is 0 Å². The predicted octanol–water partition coefficient (Wildman–Crippen LogP) is 0.593. The number of ether oxygens (including phenoxy) is 1. The Kier molecular flexibility index (Phi) is 3.05. The van der Waals surface area contributed by atoms with Crippen LogP contribution in [-0.2, 0) is 19.8 Å². The van der Waals surface area contributed by atoms with Crippen LogP contribution in [0.3, 0.4) is 0 Å². The van der Waals surface area contributed by atoms with E-state index in [4.69, 9.17) is 9.29 Å². The second-order valence-corrected chi connectivity index (χ2v) is 4.91. The Balaban J connectivity index is 2.50. The topological polar surface area (TPSA) is 102 Å². The lowest BCUT2D eigenvalue weighted by molar-refractivity contribution is -0.140. The summed E-state index contributed by atoms with van der Waals surface area (Å²) in [4.78, 5) is 14.9. The van der Waals surface area contributed by atoms with Gasteiger partial charge in [0.15, 0.2) is 0 Å². The highest BCUT2D eigenvalue weighted by Gasteiger charge is 2.23. The predicted molar refractivity (Wildman–Crippen MR) is 60.1 cm³/mol. The molecule has 0 atom stereocenters. The van der Waals surface area contributed by atoms with Crippen molar-refractivity contribution >= 4 is 21.8 Å². The highest BCUT2D eigenvalue weighted by atomic mass is 32.2. The molecule has 18 heavy (non-hydrogen) atoms. The number of benzene rings is 1. The van der Waals surface area contributed by atoms with Crippen molar-refractivity contribution in [3.05, 3.63) is 23.8 Å². The van der Waals surface area contributed by atoms with Gasteiger partial charge in [0, 0.05) is 5.56 Å². The summed E-state index contributed by atoms with van der Waals surface area (Å²) in [5.74, 6) is -0.513. The number of nitrogens with zero attached hydrogens (tertiary/aromatic N) is 1. The van der Waals surface area contributed by atoms with Gasteiger partial charge in [-0.2, -0.15) is 8.42 Å². The summed E-state index contributed by atoms with van der Waals surface area (Å²) < 4.78 is 36.3. The fourth-order valence-corrected chi connectivity index (χ4v) is 2.20. The molecule has 0 saturated carbocycles. The fraction of sp³-hybridized carbons (Fsp3) is 0.200. The van der Waals surface area contributed by atoms with Crippen LogP contribution in [0.4, 0.5) is 0 Å². The molecule has 1 N–H and O–H groups in total. The number of hydrogen-bond donors (Lipinski definition) is 1. The number of hydrogen-bond acceptors (Lipinski definition) is 6. The molecule has 0 saturated heterocycles. The van der Waals surface area contributed by atoms with E-state index in [0.29, 0.717) is 11.3 Å². The van der Waals surface area contributed by atoms with Gasteiger partial charge in [-0.25, -0.2) is 4.79 Å². The summed E-state index contributed by atoms with van der Waals surface area (Å²) in [6, 6.07) is 4.06. The molecule has 2 rings (SSSR count). The van der Waals surface area contributed by atoms with Crippen LogP contribution in [0.1, 0.15) is 12.0 Å². The zero-order valence-corrected chi connectivity index (χ0v) is 10.1. The maximum absolute atomic E-state index is 11.2. The van der Waals surface area contributed by atoms with E-state index in [1.165, 1.54) is 25.3 Å². The van der Waals surface area contributed by atoms with Gasteiger partial charge >= 0.3 is 5.97 Å². The Bertz CT molecular complexity index is 634. The molecule has 1 heterocycles. The van der Waals surface area contributed by atoms with Gasteiger partial charge in [0.1, 0.15) is 10.6 Å². The average Bonchev–Trinajstić information content (AvgIpc) is 2.74. The molecule has 0 aliphatic carbocycles. The van der Waals surface area contributed by atoms with Crippen LogP contribution < -0.4 is 4.74 Å². The van der Waals surface area contributed by atoms with E-state index in [1.54, 1.807) is 0 Å². The standard InChI is InChI=1S/C10H9NO6S/c1-16-8-3-2-6(4-9(8)18(13,14)15)7-5-10(12)17-11-7/h2-4H,5H2,1H3,(H,13,14,15). The van der Waals surface area contributed by atoms with Crippen molar-refractivity contribution in [3.63, 3.8) is 0 Å². The molecule has 96 valence electrons. The molecule has 1 aromatic carbocycles. The van der Waals surface area contributed by atoms with E-state index >= 15 is 0 Å². The third-order valence-electron chi connectivity index (χ3n) is 2.34. The largest absolute Gasteiger partial charge is 0.495 e. The van der Waals surface area contributed by atoms with Crippen molar-refractivity contribution in [1.82, 2.24) is 0 Å². The van der Waals surface area contributed by atoms with Crippen LogP contribution in [0.15, 0.2) is 28.3 Å². The van der Waals surface area contributed by atoms with Gasteiger partial charge in [-0.1, -0.05) is 5.16 Å². The van der Waals surface area contributed by atoms with Gasteiger partial charge in [0.25, 0.3) is 10.1 Å². The Labute approximate surface area is 103 Å². The third-order valence-corrected chi connectivity index (χ3v) is 3.22. The second-order valence-electron chi connectivity index (χ2n) is 3.52. The molecular weight excluding hydrogens is 262 g/mol. The van der Waals surface area contributed by atoms with Crippen molar-refractivity contribution in [2.24, 2.45) is 5.16 Å². The molecule has 0 amide bonds. The Morgan fingerprint density at radius 1 is 1.44 bits per heavy atom. The molecule has 0 fully saturated rings. The second kappa shape index (κ2) is 4.39. The third kappa shape index (κ3) is 2.34. The molecule has 1 aliphatic heterocycles.